The Hall–Kier alpha value is -2.49. The fourth-order valence-corrected chi connectivity index (χ4v) is 2.46. The van der Waals surface area contributed by atoms with Gasteiger partial charge in [0.05, 0.1) is 7.11 Å². The maximum Gasteiger partial charge on any atom is 0.319 e. The summed E-state index contributed by atoms with van der Waals surface area (Å²) in [5, 5.41) is 5.86. The lowest BCUT2D eigenvalue weighted by atomic mass is 9.98. The molecule has 0 aliphatic heterocycles. The first-order chi connectivity index (χ1) is 11.0. The molecule has 0 aliphatic rings. The van der Waals surface area contributed by atoms with E-state index in [1.165, 1.54) is 0 Å². The highest BCUT2D eigenvalue weighted by Crippen LogP contribution is 2.27. The van der Waals surface area contributed by atoms with Crippen LogP contribution in [-0.2, 0) is 6.54 Å². The van der Waals surface area contributed by atoms with Crippen molar-refractivity contribution in [1.82, 2.24) is 5.32 Å². The van der Waals surface area contributed by atoms with Crippen molar-refractivity contribution in [2.45, 2.75) is 33.2 Å². The second-order valence-corrected chi connectivity index (χ2v) is 5.85. The molecule has 23 heavy (non-hydrogen) atoms. The number of amides is 2. The van der Waals surface area contributed by atoms with E-state index in [0.29, 0.717) is 12.5 Å². The quantitative estimate of drug-likeness (QED) is 0.857. The summed E-state index contributed by atoms with van der Waals surface area (Å²) in [7, 11) is 1.63. The Balaban J connectivity index is 2.03. The summed E-state index contributed by atoms with van der Waals surface area (Å²) in [4.78, 5) is 12.2. The maximum absolute atomic E-state index is 12.2. The Bertz CT molecular complexity index is 681. The standard InChI is InChI=1S/C19H24N2O2/c1-13(2)17-10-5-7-14(3)18(17)21-19(22)20-12-15-8-6-9-16(11-15)23-4/h5-11,13H,12H2,1-4H3,(H2,20,21,22). The van der Waals surface area contributed by atoms with Gasteiger partial charge in [0.25, 0.3) is 0 Å². The molecule has 0 saturated carbocycles. The normalized spacial score (nSPS) is 10.5. The molecule has 0 atom stereocenters. The van der Waals surface area contributed by atoms with E-state index < -0.39 is 0 Å². The number of urea groups is 1. The third-order valence-corrected chi connectivity index (χ3v) is 3.75. The maximum atomic E-state index is 12.2. The van der Waals surface area contributed by atoms with Gasteiger partial charge in [-0.15, -0.1) is 0 Å². The largest absolute Gasteiger partial charge is 0.497 e. The Labute approximate surface area is 137 Å². The fraction of sp³-hybridized carbons (Fsp3) is 0.316. The number of hydrogen-bond donors (Lipinski definition) is 2. The lowest BCUT2D eigenvalue weighted by Gasteiger charge is -2.17. The molecule has 2 amide bonds. The number of carbonyl (C=O) groups excluding carboxylic acids is 1. The first-order valence-electron chi connectivity index (χ1n) is 7.78. The van der Waals surface area contributed by atoms with Gasteiger partial charge in [0.2, 0.25) is 0 Å². The Morgan fingerprint density at radius 1 is 1.17 bits per heavy atom. The molecule has 0 heterocycles. The van der Waals surface area contributed by atoms with E-state index >= 15 is 0 Å². The highest BCUT2D eigenvalue weighted by molar-refractivity contribution is 5.91. The zero-order valence-electron chi connectivity index (χ0n) is 14.1. The van der Waals surface area contributed by atoms with Crippen LogP contribution < -0.4 is 15.4 Å². The average Bonchev–Trinajstić information content (AvgIpc) is 2.54. The first-order valence-corrected chi connectivity index (χ1v) is 7.78. The second-order valence-electron chi connectivity index (χ2n) is 5.85. The molecule has 0 unspecified atom stereocenters. The van der Waals surface area contributed by atoms with Crippen molar-refractivity contribution >= 4 is 11.7 Å². The van der Waals surface area contributed by atoms with Gasteiger partial charge in [-0.2, -0.15) is 0 Å². The van der Waals surface area contributed by atoms with E-state index in [1.54, 1.807) is 7.11 Å². The molecule has 0 aliphatic carbocycles. The van der Waals surface area contributed by atoms with Gasteiger partial charge >= 0.3 is 6.03 Å². The molecule has 2 aromatic carbocycles. The van der Waals surface area contributed by atoms with Crippen molar-refractivity contribution in [2.75, 3.05) is 12.4 Å². The number of aryl methyl sites for hydroxylation is 1. The number of para-hydroxylation sites is 1. The minimum Gasteiger partial charge on any atom is -0.497 e. The predicted molar refractivity (Wildman–Crippen MR) is 94.1 cm³/mol. The summed E-state index contributed by atoms with van der Waals surface area (Å²) < 4.78 is 5.19. The molecule has 4 heteroatoms. The molecular weight excluding hydrogens is 288 g/mol. The summed E-state index contributed by atoms with van der Waals surface area (Å²) in [6.45, 7) is 6.69. The number of anilines is 1. The molecule has 2 N–H and O–H groups in total. The third-order valence-electron chi connectivity index (χ3n) is 3.75. The lowest BCUT2D eigenvalue weighted by Crippen LogP contribution is -2.29. The zero-order chi connectivity index (χ0) is 16.8. The average molecular weight is 312 g/mol. The van der Waals surface area contributed by atoms with E-state index in [0.717, 1.165) is 28.1 Å². The van der Waals surface area contributed by atoms with Gasteiger partial charge in [0, 0.05) is 12.2 Å². The van der Waals surface area contributed by atoms with Crippen LogP contribution in [0.1, 0.15) is 36.5 Å². The molecule has 0 radical (unpaired) electrons. The van der Waals surface area contributed by atoms with Crippen LogP contribution in [0.25, 0.3) is 0 Å². The Morgan fingerprint density at radius 2 is 1.91 bits per heavy atom. The van der Waals surface area contributed by atoms with Gasteiger partial charge in [-0.3, -0.25) is 0 Å². The summed E-state index contributed by atoms with van der Waals surface area (Å²) in [6.07, 6.45) is 0. The van der Waals surface area contributed by atoms with Crippen LogP contribution in [0.4, 0.5) is 10.5 Å². The van der Waals surface area contributed by atoms with Gasteiger partial charge in [0.15, 0.2) is 0 Å². The van der Waals surface area contributed by atoms with E-state index in [9.17, 15) is 4.79 Å². The summed E-state index contributed by atoms with van der Waals surface area (Å²) in [6, 6.07) is 13.5. The molecule has 0 fully saturated rings. The molecule has 122 valence electrons. The van der Waals surface area contributed by atoms with E-state index in [4.69, 9.17) is 4.74 Å². The van der Waals surface area contributed by atoms with Gasteiger partial charge in [0.1, 0.15) is 5.75 Å². The number of carbonyl (C=O) groups is 1. The summed E-state index contributed by atoms with van der Waals surface area (Å²) in [5.74, 6) is 1.13. The van der Waals surface area contributed by atoms with E-state index in [1.807, 2.05) is 43.3 Å². The predicted octanol–water partition coefficient (Wildman–Crippen LogP) is 4.45. The number of methoxy groups -OCH3 is 1. The van der Waals surface area contributed by atoms with Crippen LogP contribution in [-0.4, -0.2) is 13.1 Å². The van der Waals surface area contributed by atoms with Crippen LogP contribution >= 0.6 is 0 Å². The second kappa shape index (κ2) is 7.68. The van der Waals surface area contributed by atoms with Gasteiger partial charge in [-0.05, 0) is 41.7 Å². The van der Waals surface area contributed by atoms with Crippen molar-refractivity contribution in [3.05, 3.63) is 59.2 Å². The van der Waals surface area contributed by atoms with Crippen molar-refractivity contribution in [3.63, 3.8) is 0 Å². The third kappa shape index (κ3) is 4.49. The van der Waals surface area contributed by atoms with Gasteiger partial charge in [-0.1, -0.05) is 44.2 Å². The fourth-order valence-electron chi connectivity index (χ4n) is 2.46. The summed E-state index contributed by atoms with van der Waals surface area (Å²) in [5.41, 5.74) is 4.09. The monoisotopic (exact) mass is 312 g/mol. The molecule has 0 bridgehead atoms. The van der Waals surface area contributed by atoms with Crippen LogP contribution in [0.5, 0.6) is 5.75 Å². The molecule has 2 aromatic rings. The van der Waals surface area contributed by atoms with E-state index in [2.05, 4.69) is 30.5 Å². The van der Waals surface area contributed by atoms with E-state index in [-0.39, 0.29) is 6.03 Å². The first kappa shape index (κ1) is 16.9. The number of ether oxygens (including phenoxy) is 1. The SMILES string of the molecule is COc1cccc(CNC(=O)Nc2c(C)cccc2C(C)C)c1. The van der Waals surface area contributed by atoms with Crippen molar-refractivity contribution in [3.8, 4) is 5.75 Å². The topological polar surface area (TPSA) is 50.4 Å². The van der Waals surface area contributed by atoms with Crippen LogP contribution in [0.15, 0.2) is 42.5 Å². The molecule has 0 saturated heterocycles. The number of benzene rings is 2. The van der Waals surface area contributed by atoms with Gasteiger partial charge < -0.3 is 15.4 Å². The highest BCUT2D eigenvalue weighted by Gasteiger charge is 2.11. The Morgan fingerprint density at radius 3 is 2.61 bits per heavy atom. The molecule has 0 aromatic heterocycles. The molecular formula is C19H24N2O2. The minimum absolute atomic E-state index is 0.205. The summed E-state index contributed by atoms with van der Waals surface area (Å²) >= 11 is 0. The molecule has 2 rings (SSSR count). The van der Waals surface area contributed by atoms with Crippen LogP contribution in [0, 0.1) is 6.92 Å². The number of hydrogen-bond acceptors (Lipinski definition) is 2. The number of rotatable bonds is 5. The van der Waals surface area contributed by atoms with Crippen molar-refractivity contribution < 1.29 is 9.53 Å². The van der Waals surface area contributed by atoms with Gasteiger partial charge in [-0.25, -0.2) is 4.79 Å². The molecule has 0 spiro atoms. The lowest BCUT2D eigenvalue weighted by molar-refractivity contribution is 0.251. The minimum atomic E-state index is -0.205. The van der Waals surface area contributed by atoms with Crippen molar-refractivity contribution in [1.29, 1.82) is 0 Å². The van der Waals surface area contributed by atoms with Crippen LogP contribution in [0.2, 0.25) is 0 Å². The smallest absolute Gasteiger partial charge is 0.319 e. The van der Waals surface area contributed by atoms with Crippen LogP contribution in [0.3, 0.4) is 0 Å². The number of nitrogens with one attached hydrogen (secondary N) is 2. The van der Waals surface area contributed by atoms with Crippen molar-refractivity contribution in [2.24, 2.45) is 0 Å². The zero-order valence-corrected chi connectivity index (χ0v) is 14.1. The molecule has 4 nitrogen and oxygen atoms in total. The Kier molecular flexibility index (Phi) is 5.63. The highest BCUT2D eigenvalue weighted by atomic mass is 16.5.